The Bertz CT molecular complexity index is 463. The van der Waals surface area contributed by atoms with E-state index in [0.717, 1.165) is 25.9 Å². The largest absolute Gasteiger partial charge is 0.489 e. The molecule has 1 fully saturated rings. The van der Waals surface area contributed by atoms with Gasteiger partial charge in [0, 0.05) is 5.56 Å². The summed E-state index contributed by atoms with van der Waals surface area (Å²) in [7, 11) is 0. The summed E-state index contributed by atoms with van der Waals surface area (Å²) < 4.78 is 18.9. The minimum atomic E-state index is -0.631. The highest BCUT2D eigenvalue weighted by molar-refractivity contribution is 6.32. The molecule has 0 amide bonds. The second-order valence-corrected chi connectivity index (χ2v) is 5.28. The van der Waals surface area contributed by atoms with Crippen LogP contribution in [0.5, 0.6) is 5.75 Å². The normalized spacial score (nSPS) is 27.9. The van der Waals surface area contributed by atoms with Crippen LogP contribution in [0.3, 0.4) is 0 Å². The molecule has 2 atom stereocenters. The number of nitrogens with zero attached hydrogens (tertiary/aromatic N) is 1. The van der Waals surface area contributed by atoms with E-state index in [1.165, 1.54) is 12.1 Å². The second-order valence-electron chi connectivity index (χ2n) is 4.87. The van der Waals surface area contributed by atoms with Gasteiger partial charge in [-0.1, -0.05) is 11.6 Å². The van der Waals surface area contributed by atoms with Crippen LogP contribution in [0.25, 0.3) is 0 Å². The van der Waals surface area contributed by atoms with Gasteiger partial charge >= 0.3 is 0 Å². The van der Waals surface area contributed by atoms with Crippen LogP contribution in [0.4, 0.5) is 4.39 Å². The molecule has 1 aromatic rings. The molecule has 3 nitrogen and oxygen atoms in total. The fraction of sp³-hybridized carbons (Fsp3) is 0.538. The van der Waals surface area contributed by atoms with E-state index in [2.05, 4.69) is 4.90 Å². The van der Waals surface area contributed by atoms with Crippen molar-refractivity contribution in [3.63, 3.8) is 0 Å². The van der Waals surface area contributed by atoms with Crippen LogP contribution in [-0.4, -0.2) is 35.8 Å². The van der Waals surface area contributed by atoms with Crippen LogP contribution >= 0.6 is 11.6 Å². The van der Waals surface area contributed by atoms with E-state index in [9.17, 15) is 9.50 Å². The summed E-state index contributed by atoms with van der Waals surface area (Å²) in [5.74, 6) is 0.126. The summed E-state index contributed by atoms with van der Waals surface area (Å²) in [4.78, 5) is 2.18. The van der Waals surface area contributed by atoms with Crippen molar-refractivity contribution in [1.82, 2.24) is 4.90 Å². The SMILES string of the molecule is OC1COc2c(Cl)cc(F)cc2C1N1CCCC1. The Morgan fingerprint density at radius 2 is 2.06 bits per heavy atom. The predicted octanol–water partition coefficient (Wildman–Crippen LogP) is 2.37. The molecule has 2 aliphatic rings. The molecule has 2 aliphatic heterocycles. The molecule has 0 aliphatic carbocycles. The van der Waals surface area contributed by atoms with Crippen molar-refractivity contribution in [2.75, 3.05) is 19.7 Å². The summed E-state index contributed by atoms with van der Waals surface area (Å²) in [6.45, 7) is 2.06. The molecule has 98 valence electrons. The third-order valence-electron chi connectivity index (χ3n) is 3.65. The Kier molecular flexibility index (Phi) is 3.18. The van der Waals surface area contributed by atoms with E-state index >= 15 is 0 Å². The number of hydrogen-bond acceptors (Lipinski definition) is 3. The Balaban J connectivity index is 2.04. The molecular formula is C13H15ClFNO2. The second kappa shape index (κ2) is 4.68. The zero-order valence-electron chi connectivity index (χ0n) is 9.90. The number of hydrogen-bond donors (Lipinski definition) is 1. The Morgan fingerprint density at radius 1 is 1.33 bits per heavy atom. The number of rotatable bonds is 1. The number of halogens is 2. The van der Waals surface area contributed by atoms with E-state index in [4.69, 9.17) is 16.3 Å². The van der Waals surface area contributed by atoms with Crippen LogP contribution in [0.1, 0.15) is 24.4 Å². The lowest BCUT2D eigenvalue weighted by molar-refractivity contribution is 0.00861. The van der Waals surface area contributed by atoms with Gasteiger partial charge in [0.1, 0.15) is 24.3 Å². The predicted molar refractivity (Wildman–Crippen MR) is 66.5 cm³/mol. The van der Waals surface area contributed by atoms with Crippen molar-refractivity contribution < 1.29 is 14.2 Å². The monoisotopic (exact) mass is 271 g/mol. The maximum atomic E-state index is 13.5. The first-order valence-corrected chi connectivity index (χ1v) is 6.58. The molecule has 1 aromatic carbocycles. The van der Waals surface area contributed by atoms with Gasteiger partial charge in [-0.2, -0.15) is 0 Å². The Labute approximate surface area is 110 Å². The molecule has 2 unspecified atom stereocenters. The average Bonchev–Trinajstić information content (AvgIpc) is 2.81. The van der Waals surface area contributed by atoms with Gasteiger partial charge in [0.15, 0.2) is 0 Å². The minimum Gasteiger partial charge on any atom is -0.489 e. The first-order chi connectivity index (χ1) is 8.66. The van der Waals surface area contributed by atoms with Gasteiger partial charge in [0.2, 0.25) is 0 Å². The number of benzene rings is 1. The molecule has 2 heterocycles. The topological polar surface area (TPSA) is 32.7 Å². The number of ether oxygens (including phenoxy) is 1. The first-order valence-electron chi connectivity index (χ1n) is 6.20. The maximum absolute atomic E-state index is 13.5. The summed E-state index contributed by atoms with van der Waals surface area (Å²) in [6.07, 6.45) is 1.60. The highest BCUT2D eigenvalue weighted by Gasteiger charge is 2.36. The standard InChI is InChI=1S/C13H15ClFNO2/c14-10-6-8(15)5-9-12(16-3-1-2-4-16)11(17)7-18-13(9)10/h5-6,11-12,17H,1-4,7H2. The summed E-state index contributed by atoms with van der Waals surface area (Å²) >= 11 is 6.00. The first kappa shape index (κ1) is 12.2. The zero-order chi connectivity index (χ0) is 12.7. The van der Waals surface area contributed by atoms with Crippen molar-refractivity contribution in [2.45, 2.75) is 25.0 Å². The third kappa shape index (κ3) is 1.98. The van der Waals surface area contributed by atoms with Crippen molar-refractivity contribution in [2.24, 2.45) is 0 Å². The molecular weight excluding hydrogens is 257 g/mol. The van der Waals surface area contributed by atoms with Crippen molar-refractivity contribution in [1.29, 1.82) is 0 Å². The lowest BCUT2D eigenvalue weighted by Gasteiger charge is -2.36. The van der Waals surface area contributed by atoms with Crippen LogP contribution in [0.2, 0.25) is 5.02 Å². The number of aliphatic hydroxyl groups excluding tert-OH is 1. The highest BCUT2D eigenvalue weighted by atomic mass is 35.5. The molecule has 0 spiro atoms. The fourth-order valence-corrected chi connectivity index (χ4v) is 3.15. The Morgan fingerprint density at radius 3 is 2.78 bits per heavy atom. The molecule has 1 N–H and O–H groups in total. The van der Waals surface area contributed by atoms with Gasteiger partial charge in [-0.15, -0.1) is 0 Å². The van der Waals surface area contributed by atoms with Crippen LogP contribution in [-0.2, 0) is 0 Å². The van der Waals surface area contributed by atoms with Crippen molar-refractivity contribution in [3.05, 3.63) is 28.5 Å². The van der Waals surface area contributed by atoms with Crippen LogP contribution in [0.15, 0.2) is 12.1 Å². The highest BCUT2D eigenvalue weighted by Crippen LogP contribution is 2.42. The molecule has 0 radical (unpaired) electrons. The van der Waals surface area contributed by atoms with Gasteiger partial charge in [0.05, 0.1) is 11.1 Å². The average molecular weight is 272 g/mol. The maximum Gasteiger partial charge on any atom is 0.143 e. The lowest BCUT2D eigenvalue weighted by Crippen LogP contribution is -2.41. The van der Waals surface area contributed by atoms with Crippen LogP contribution in [0, 0.1) is 5.82 Å². The summed E-state index contributed by atoms with van der Waals surface area (Å²) in [5.41, 5.74) is 0.667. The lowest BCUT2D eigenvalue weighted by atomic mass is 9.96. The number of fused-ring (bicyclic) bond motifs is 1. The fourth-order valence-electron chi connectivity index (χ4n) is 2.88. The molecule has 0 aromatic heterocycles. The summed E-state index contributed by atoms with van der Waals surface area (Å²) in [6, 6.07) is 2.47. The molecule has 0 bridgehead atoms. The molecule has 1 saturated heterocycles. The van der Waals surface area contributed by atoms with Gasteiger partial charge in [-0.25, -0.2) is 4.39 Å². The van der Waals surface area contributed by atoms with E-state index in [1.807, 2.05) is 0 Å². The van der Waals surface area contributed by atoms with Gasteiger partial charge in [-0.3, -0.25) is 4.90 Å². The van der Waals surface area contributed by atoms with Crippen molar-refractivity contribution >= 4 is 11.6 Å². The third-order valence-corrected chi connectivity index (χ3v) is 3.93. The van der Waals surface area contributed by atoms with Crippen LogP contribution < -0.4 is 4.74 Å². The van der Waals surface area contributed by atoms with E-state index in [1.54, 1.807) is 0 Å². The van der Waals surface area contributed by atoms with Gasteiger partial charge < -0.3 is 9.84 Å². The quantitative estimate of drug-likeness (QED) is 0.851. The van der Waals surface area contributed by atoms with Gasteiger partial charge in [0.25, 0.3) is 0 Å². The van der Waals surface area contributed by atoms with Gasteiger partial charge in [-0.05, 0) is 38.1 Å². The summed E-state index contributed by atoms with van der Waals surface area (Å²) in [5, 5.41) is 10.4. The molecule has 5 heteroatoms. The minimum absolute atomic E-state index is 0.204. The zero-order valence-corrected chi connectivity index (χ0v) is 10.7. The van der Waals surface area contributed by atoms with E-state index in [-0.39, 0.29) is 23.5 Å². The van der Waals surface area contributed by atoms with E-state index in [0.29, 0.717) is 11.3 Å². The molecule has 0 saturated carbocycles. The number of likely N-dealkylation sites (tertiary alicyclic amines) is 1. The molecule has 18 heavy (non-hydrogen) atoms. The van der Waals surface area contributed by atoms with Crippen molar-refractivity contribution in [3.8, 4) is 5.75 Å². The smallest absolute Gasteiger partial charge is 0.143 e. The number of aliphatic hydroxyl groups is 1. The Hall–Kier alpha value is -0.840. The molecule has 3 rings (SSSR count). The van der Waals surface area contributed by atoms with E-state index < -0.39 is 6.10 Å².